The van der Waals surface area contributed by atoms with Crippen molar-refractivity contribution in [2.24, 2.45) is 10.2 Å². The van der Waals surface area contributed by atoms with Crippen LogP contribution in [-0.2, 0) is 19.5 Å². The van der Waals surface area contributed by atoms with E-state index in [0.29, 0.717) is 27.3 Å². The van der Waals surface area contributed by atoms with E-state index in [0.717, 1.165) is 17.4 Å². The highest BCUT2D eigenvalue weighted by atomic mass is 32.2. The summed E-state index contributed by atoms with van der Waals surface area (Å²) in [6.07, 6.45) is 0. The third kappa shape index (κ3) is 4.60. The minimum absolute atomic E-state index is 0.229. The number of hydrogen-bond acceptors (Lipinski definition) is 9. The summed E-state index contributed by atoms with van der Waals surface area (Å²) in [4.78, 5) is 0.406. The average Bonchev–Trinajstić information content (AvgIpc) is 2.65. The van der Waals surface area contributed by atoms with Crippen LogP contribution in [0.2, 0.25) is 0 Å². The van der Waals surface area contributed by atoms with Gasteiger partial charge >= 0.3 is 0 Å². The van der Waals surface area contributed by atoms with Gasteiger partial charge in [-0.05, 0) is 48.5 Å². The number of azo groups is 1. The van der Waals surface area contributed by atoms with E-state index in [9.17, 15) is 8.42 Å². The number of nitrogens with zero attached hydrogens (tertiary/aromatic N) is 2. The molecule has 0 heterocycles. The van der Waals surface area contributed by atoms with E-state index in [1.807, 2.05) is 0 Å². The van der Waals surface area contributed by atoms with Crippen molar-refractivity contribution in [1.82, 2.24) is 0 Å². The number of nitrogens with two attached hydrogens (primary N) is 1. The Bertz CT molecular complexity index is 1100. The van der Waals surface area contributed by atoms with Crippen LogP contribution >= 0.6 is 12.0 Å². The molecule has 0 aliphatic rings. The molecule has 0 unspecified atom stereocenters. The van der Waals surface area contributed by atoms with Gasteiger partial charge in [0, 0.05) is 21.4 Å². The van der Waals surface area contributed by atoms with Gasteiger partial charge in [-0.25, -0.2) is 5.26 Å². The summed E-state index contributed by atoms with van der Waals surface area (Å²) in [5, 5.41) is 21.6. The standard InChI is InChI=1S/C16H13N3O6S2/c17-15-7-8-16(14-9-11(26-25-24-20)3-6-13(14)15)19-18-10-1-4-12(5-2-10)27(21,22)23/h1-9,20H,17H2,(H,21,22,23)/b19-18+. The Morgan fingerprint density at radius 1 is 0.963 bits per heavy atom. The third-order valence-electron chi connectivity index (χ3n) is 3.57. The molecule has 140 valence electrons. The van der Waals surface area contributed by atoms with E-state index in [1.54, 1.807) is 30.3 Å². The minimum Gasteiger partial charge on any atom is -0.398 e. The predicted octanol–water partition coefficient (Wildman–Crippen LogP) is 4.51. The van der Waals surface area contributed by atoms with E-state index in [4.69, 9.17) is 15.5 Å². The molecule has 0 aliphatic carbocycles. The first kappa shape index (κ1) is 19.2. The molecule has 0 aliphatic heterocycles. The Kier molecular flexibility index (Phi) is 5.70. The second kappa shape index (κ2) is 8.00. The number of hydrogen-bond donors (Lipinski definition) is 3. The van der Waals surface area contributed by atoms with Gasteiger partial charge in [-0.2, -0.15) is 13.5 Å². The molecular weight excluding hydrogens is 394 g/mol. The molecule has 0 aromatic heterocycles. The smallest absolute Gasteiger partial charge is 0.294 e. The zero-order chi connectivity index (χ0) is 19.4. The van der Waals surface area contributed by atoms with Crippen LogP contribution in [0, 0.1) is 0 Å². The maximum Gasteiger partial charge on any atom is 0.294 e. The normalized spacial score (nSPS) is 12.1. The zero-order valence-electron chi connectivity index (χ0n) is 13.5. The van der Waals surface area contributed by atoms with Crippen molar-refractivity contribution in [2.45, 2.75) is 9.79 Å². The molecular formula is C16H13N3O6S2. The van der Waals surface area contributed by atoms with Crippen LogP contribution in [-0.4, -0.2) is 18.2 Å². The Labute approximate surface area is 158 Å². The summed E-state index contributed by atoms with van der Waals surface area (Å²) in [6, 6.07) is 13.9. The molecule has 4 N–H and O–H groups in total. The summed E-state index contributed by atoms with van der Waals surface area (Å²) in [5.74, 6) is 0. The molecule has 3 rings (SSSR count). The van der Waals surface area contributed by atoms with E-state index < -0.39 is 10.1 Å². The van der Waals surface area contributed by atoms with Crippen LogP contribution in [0.1, 0.15) is 0 Å². The fraction of sp³-hybridized carbons (Fsp3) is 0. The van der Waals surface area contributed by atoms with Crippen molar-refractivity contribution >= 4 is 50.0 Å². The summed E-state index contributed by atoms with van der Waals surface area (Å²) in [5.41, 5.74) is 7.45. The number of fused-ring (bicyclic) bond motifs is 1. The van der Waals surface area contributed by atoms with Crippen LogP contribution in [0.25, 0.3) is 10.8 Å². The molecule has 0 radical (unpaired) electrons. The SMILES string of the molecule is Nc1ccc(/N=N/c2ccc(S(=O)(=O)O)cc2)c2cc(SOOO)ccc12. The summed E-state index contributed by atoms with van der Waals surface area (Å²) in [7, 11) is -4.26. The second-order valence-electron chi connectivity index (χ2n) is 5.28. The van der Waals surface area contributed by atoms with Crippen LogP contribution in [0.15, 0.2) is 74.6 Å². The van der Waals surface area contributed by atoms with Gasteiger partial charge < -0.3 is 5.73 Å². The second-order valence-corrected chi connectivity index (χ2v) is 7.47. The van der Waals surface area contributed by atoms with Gasteiger partial charge in [0.2, 0.25) is 0 Å². The quantitative estimate of drug-likeness (QED) is 0.135. The minimum atomic E-state index is -4.26. The van der Waals surface area contributed by atoms with Crippen LogP contribution in [0.4, 0.5) is 17.1 Å². The highest BCUT2D eigenvalue weighted by Crippen LogP contribution is 2.34. The lowest BCUT2D eigenvalue weighted by atomic mass is 10.1. The van der Waals surface area contributed by atoms with E-state index >= 15 is 0 Å². The number of benzene rings is 3. The van der Waals surface area contributed by atoms with Gasteiger partial charge in [0.25, 0.3) is 10.1 Å². The highest BCUT2D eigenvalue weighted by molar-refractivity contribution is 7.94. The van der Waals surface area contributed by atoms with Gasteiger partial charge in [0.1, 0.15) is 0 Å². The number of rotatable bonds is 6. The van der Waals surface area contributed by atoms with Gasteiger partial charge in [-0.15, -0.1) is 9.45 Å². The van der Waals surface area contributed by atoms with Crippen molar-refractivity contribution in [3.05, 3.63) is 54.6 Å². The lowest BCUT2D eigenvalue weighted by molar-refractivity contribution is -0.432. The molecule has 0 amide bonds. The van der Waals surface area contributed by atoms with Crippen LogP contribution in [0.5, 0.6) is 0 Å². The van der Waals surface area contributed by atoms with E-state index in [-0.39, 0.29) is 4.90 Å². The molecule has 0 bridgehead atoms. The summed E-state index contributed by atoms with van der Waals surface area (Å²) in [6.45, 7) is 0. The lowest BCUT2D eigenvalue weighted by Crippen LogP contribution is -1.96. The first-order valence-corrected chi connectivity index (χ1v) is 9.53. The van der Waals surface area contributed by atoms with Gasteiger partial charge in [0.15, 0.2) is 0 Å². The number of nitrogen functional groups attached to an aromatic ring is 1. The first-order valence-electron chi connectivity index (χ1n) is 7.35. The Hall–Kier alpha value is -2.54. The molecule has 0 saturated heterocycles. The lowest BCUT2D eigenvalue weighted by Gasteiger charge is -2.06. The van der Waals surface area contributed by atoms with Gasteiger partial charge in [0.05, 0.1) is 28.3 Å². The summed E-state index contributed by atoms with van der Waals surface area (Å²) >= 11 is 0.802. The molecule has 9 nitrogen and oxygen atoms in total. The van der Waals surface area contributed by atoms with E-state index in [2.05, 4.69) is 19.6 Å². The van der Waals surface area contributed by atoms with Crippen molar-refractivity contribution in [3.8, 4) is 0 Å². The monoisotopic (exact) mass is 407 g/mol. The fourth-order valence-corrected chi connectivity index (χ4v) is 3.20. The van der Waals surface area contributed by atoms with Gasteiger partial charge in [-0.1, -0.05) is 11.1 Å². The summed E-state index contributed by atoms with van der Waals surface area (Å²) < 4.78 is 35.5. The Balaban J connectivity index is 1.95. The van der Waals surface area contributed by atoms with Crippen molar-refractivity contribution in [2.75, 3.05) is 5.73 Å². The zero-order valence-corrected chi connectivity index (χ0v) is 15.1. The first-order chi connectivity index (χ1) is 12.9. The molecule has 0 fully saturated rings. The maximum atomic E-state index is 11.1. The molecule has 0 saturated carbocycles. The van der Waals surface area contributed by atoms with Crippen molar-refractivity contribution in [3.63, 3.8) is 0 Å². The molecule has 27 heavy (non-hydrogen) atoms. The van der Waals surface area contributed by atoms with Crippen molar-refractivity contribution in [1.29, 1.82) is 0 Å². The average molecular weight is 407 g/mol. The highest BCUT2D eigenvalue weighted by Gasteiger charge is 2.09. The topological polar surface area (TPSA) is 144 Å². The molecule has 3 aromatic rings. The Morgan fingerprint density at radius 2 is 1.70 bits per heavy atom. The molecule has 3 aromatic carbocycles. The van der Waals surface area contributed by atoms with E-state index in [1.165, 1.54) is 24.3 Å². The fourth-order valence-electron chi connectivity index (χ4n) is 2.33. The molecule has 0 atom stereocenters. The molecule has 11 heteroatoms. The third-order valence-corrected chi connectivity index (χ3v) is 5.01. The molecule has 0 spiro atoms. The van der Waals surface area contributed by atoms with Crippen LogP contribution < -0.4 is 5.73 Å². The van der Waals surface area contributed by atoms with Gasteiger partial charge in [-0.3, -0.25) is 4.55 Å². The number of anilines is 1. The largest absolute Gasteiger partial charge is 0.398 e. The maximum absolute atomic E-state index is 11.1. The van der Waals surface area contributed by atoms with Crippen LogP contribution in [0.3, 0.4) is 0 Å². The predicted molar refractivity (Wildman–Crippen MR) is 99.4 cm³/mol. The Morgan fingerprint density at radius 3 is 2.37 bits per heavy atom. The van der Waals surface area contributed by atoms with Crippen molar-refractivity contribution < 1.29 is 27.6 Å².